The molecule has 1 saturated heterocycles. The smallest absolute Gasteiger partial charge is 0.258 e. The van der Waals surface area contributed by atoms with E-state index in [9.17, 15) is 18.5 Å². The number of nitro benzene ring substituents is 1. The van der Waals surface area contributed by atoms with E-state index in [0.29, 0.717) is 24.2 Å². The van der Waals surface area contributed by atoms with Gasteiger partial charge in [0.1, 0.15) is 0 Å². The number of rotatable bonds is 4. The first-order valence-electron chi connectivity index (χ1n) is 7.84. The maximum absolute atomic E-state index is 12.6. The van der Waals surface area contributed by atoms with Gasteiger partial charge in [0.2, 0.25) is 10.0 Å². The molecule has 3 rings (SSSR count). The fourth-order valence-electron chi connectivity index (χ4n) is 2.94. The van der Waals surface area contributed by atoms with E-state index < -0.39 is 14.9 Å². The summed E-state index contributed by atoms with van der Waals surface area (Å²) in [5.41, 5.74) is 1.11. The topological polar surface area (TPSA) is 80.5 Å². The van der Waals surface area contributed by atoms with Crippen LogP contribution < -0.4 is 0 Å². The monoisotopic (exact) mass is 346 g/mol. The Bertz CT molecular complexity index is 841. The molecule has 0 bridgehead atoms. The van der Waals surface area contributed by atoms with Gasteiger partial charge in [-0.3, -0.25) is 10.1 Å². The van der Waals surface area contributed by atoms with Gasteiger partial charge in [-0.2, -0.15) is 4.31 Å². The zero-order chi connectivity index (χ0) is 17.2. The number of sulfonamides is 1. The van der Waals surface area contributed by atoms with Crippen LogP contribution in [0.15, 0.2) is 53.4 Å². The zero-order valence-electron chi connectivity index (χ0n) is 13.1. The molecule has 0 atom stereocenters. The molecular formula is C17H18N2O4S. The van der Waals surface area contributed by atoms with Crippen LogP contribution in [0.3, 0.4) is 0 Å². The standard InChI is InChI=1S/C17H18N2O4S/c20-19(21)17-7-3-2-6-16(17)14-8-10-15(11-9-14)24(22,23)18-12-4-1-5-13-18/h2-3,6-11H,1,4-5,12-13H2. The summed E-state index contributed by atoms with van der Waals surface area (Å²) >= 11 is 0. The lowest BCUT2D eigenvalue weighted by molar-refractivity contribution is -0.384. The van der Waals surface area contributed by atoms with Crippen LogP contribution in [-0.4, -0.2) is 30.7 Å². The third-order valence-corrected chi connectivity index (χ3v) is 6.13. The van der Waals surface area contributed by atoms with Crippen molar-refractivity contribution in [3.8, 4) is 11.1 Å². The lowest BCUT2D eigenvalue weighted by Gasteiger charge is -2.25. The minimum absolute atomic E-state index is 0.00383. The molecule has 126 valence electrons. The Balaban J connectivity index is 1.93. The highest BCUT2D eigenvalue weighted by Gasteiger charge is 2.26. The van der Waals surface area contributed by atoms with Gasteiger partial charge in [-0.05, 0) is 36.6 Å². The van der Waals surface area contributed by atoms with Crippen molar-refractivity contribution in [3.05, 3.63) is 58.6 Å². The molecule has 1 fully saturated rings. The molecule has 2 aromatic rings. The Labute approximate surface area is 140 Å². The zero-order valence-corrected chi connectivity index (χ0v) is 13.9. The summed E-state index contributed by atoms with van der Waals surface area (Å²) in [7, 11) is -3.49. The molecule has 0 aromatic heterocycles. The lowest BCUT2D eigenvalue weighted by atomic mass is 10.0. The third-order valence-electron chi connectivity index (χ3n) is 4.22. The van der Waals surface area contributed by atoms with E-state index in [2.05, 4.69) is 0 Å². The summed E-state index contributed by atoms with van der Waals surface area (Å²) in [4.78, 5) is 10.9. The number of piperidine rings is 1. The predicted molar refractivity (Wildman–Crippen MR) is 91.1 cm³/mol. The molecule has 1 aliphatic rings. The van der Waals surface area contributed by atoms with Gasteiger partial charge < -0.3 is 0 Å². The predicted octanol–water partition coefficient (Wildman–Crippen LogP) is 3.44. The number of para-hydroxylation sites is 1. The van der Waals surface area contributed by atoms with Crippen LogP contribution in [0.2, 0.25) is 0 Å². The molecule has 0 aliphatic carbocycles. The molecule has 1 aliphatic heterocycles. The summed E-state index contributed by atoms with van der Waals surface area (Å²) in [6.07, 6.45) is 2.82. The summed E-state index contributed by atoms with van der Waals surface area (Å²) in [5.74, 6) is 0. The highest BCUT2D eigenvalue weighted by Crippen LogP contribution is 2.30. The van der Waals surface area contributed by atoms with Crippen molar-refractivity contribution in [3.63, 3.8) is 0 Å². The second-order valence-corrected chi connectivity index (χ2v) is 7.70. The molecule has 0 spiro atoms. The van der Waals surface area contributed by atoms with E-state index in [1.54, 1.807) is 30.3 Å². The van der Waals surface area contributed by atoms with Gasteiger partial charge in [-0.1, -0.05) is 30.7 Å². The van der Waals surface area contributed by atoms with E-state index in [0.717, 1.165) is 19.3 Å². The van der Waals surface area contributed by atoms with Gasteiger partial charge in [0.15, 0.2) is 0 Å². The van der Waals surface area contributed by atoms with E-state index in [1.807, 2.05) is 0 Å². The van der Waals surface area contributed by atoms with Crippen molar-refractivity contribution in [2.75, 3.05) is 13.1 Å². The first-order valence-corrected chi connectivity index (χ1v) is 9.28. The first-order chi connectivity index (χ1) is 11.5. The number of nitrogens with zero attached hydrogens (tertiary/aromatic N) is 2. The molecule has 0 saturated carbocycles. The van der Waals surface area contributed by atoms with Crippen LogP contribution in [-0.2, 0) is 10.0 Å². The molecule has 0 unspecified atom stereocenters. The largest absolute Gasteiger partial charge is 0.277 e. The Hall–Kier alpha value is -2.25. The van der Waals surface area contributed by atoms with E-state index in [1.165, 1.54) is 22.5 Å². The van der Waals surface area contributed by atoms with Crippen molar-refractivity contribution >= 4 is 15.7 Å². The maximum atomic E-state index is 12.6. The number of benzene rings is 2. The summed E-state index contributed by atoms with van der Waals surface area (Å²) in [6, 6.07) is 12.7. The minimum Gasteiger partial charge on any atom is -0.258 e. The fraction of sp³-hybridized carbons (Fsp3) is 0.294. The van der Waals surface area contributed by atoms with Crippen LogP contribution >= 0.6 is 0 Å². The van der Waals surface area contributed by atoms with Crippen LogP contribution in [0.1, 0.15) is 19.3 Å². The Morgan fingerprint density at radius 1 is 0.917 bits per heavy atom. The summed E-state index contributed by atoms with van der Waals surface area (Å²) < 4.78 is 26.8. The van der Waals surface area contributed by atoms with Gasteiger partial charge in [0.25, 0.3) is 5.69 Å². The van der Waals surface area contributed by atoms with E-state index in [4.69, 9.17) is 0 Å². The van der Waals surface area contributed by atoms with Crippen LogP contribution in [0.4, 0.5) is 5.69 Å². The maximum Gasteiger partial charge on any atom is 0.277 e. The van der Waals surface area contributed by atoms with Gasteiger partial charge in [-0.25, -0.2) is 8.42 Å². The van der Waals surface area contributed by atoms with Gasteiger partial charge in [0, 0.05) is 19.2 Å². The highest BCUT2D eigenvalue weighted by atomic mass is 32.2. The SMILES string of the molecule is O=[N+]([O-])c1ccccc1-c1ccc(S(=O)(=O)N2CCCCC2)cc1. The minimum atomic E-state index is -3.49. The van der Waals surface area contributed by atoms with Crippen molar-refractivity contribution < 1.29 is 13.3 Å². The molecule has 0 amide bonds. The number of nitro groups is 1. The van der Waals surface area contributed by atoms with Crippen molar-refractivity contribution in [1.82, 2.24) is 4.31 Å². The summed E-state index contributed by atoms with van der Waals surface area (Å²) in [5, 5.41) is 11.1. The molecule has 2 aromatic carbocycles. The summed E-state index contributed by atoms with van der Waals surface area (Å²) in [6.45, 7) is 1.10. The quantitative estimate of drug-likeness (QED) is 0.627. The lowest BCUT2D eigenvalue weighted by Crippen LogP contribution is -2.35. The van der Waals surface area contributed by atoms with Gasteiger partial charge in [-0.15, -0.1) is 0 Å². The van der Waals surface area contributed by atoms with Crippen LogP contribution in [0.25, 0.3) is 11.1 Å². The molecule has 7 heteroatoms. The van der Waals surface area contributed by atoms with E-state index >= 15 is 0 Å². The Morgan fingerprint density at radius 3 is 2.17 bits per heavy atom. The Kier molecular flexibility index (Phi) is 4.64. The van der Waals surface area contributed by atoms with Gasteiger partial charge in [0.05, 0.1) is 15.4 Å². The van der Waals surface area contributed by atoms with Crippen LogP contribution in [0.5, 0.6) is 0 Å². The van der Waals surface area contributed by atoms with Crippen molar-refractivity contribution in [2.24, 2.45) is 0 Å². The second kappa shape index (κ2) is 6.70. The second-order valence-electron chi connectivity index (χ2n) is 5.76. The van der Waals surface area contributed by atoms with Crippen molar-refractivity contribution in [1.29, 1.82) is 0 Å². The molecular weight excluding hydrogens is 328 g/mol. The molecule has 24 heavy (non-hydrogen) atoms. The Morgan fingerprint density at radius 2 is 1.54 bits per heavy atom. The van der Waals surface area contributed by atoms with E-state index in [-0.39, 0.29) is 10.6 Å². The number of hydrogen-bond donors (Lipinski definition) is 0. The third kappa shape index (κ3) is 3.18. The normalized spacial score (nSPS) is 16.0. The van der Waals surface area contributed by atoms with Crippen LogP contribution in [0, 0.1) is 10.1 Å². The first kappa shape index (κ1) is 16.6. The average Bonchev–Trinajstić information content (AvgIpc) is 2.62. The average molecular weight is 346 g/mol. The fourth-order valence-corrected chi connectivity index (χ4v) is 4.45. The molecule has 6 nitrogen and oxygen atoms in total. The number of hydrogen-bond acceptors (Lipinski definition) is 4. The van der Waals surface area contributed by atoms with Gasteiger partial charge >= 0.3 is 0 Å². The molecule has 1 heterocycles. The molecule has 0 N–H and O–H groups in total. The molecule has 0 radical (unpaired) electrons. The highest BCUT2D eigenvalue weighted by molar-refractivity contribution is 7.89. The van der Waals surface area contributed by atoms with Crippen molar-refractivity contribution in [2.45, 2.75) is 24.2 Å².